The summed E-state index contributed by atoms with van der Waals surface area (Å²) >= 11 is 0. The van der Waals surface area contributed by atoms with Crippen LogP contribution in [0.25, 0.3) is 0 Å². The van der Waals surface area contributed by atoms with Crippen molar-refractivity contribution >= 4 is 0 Å². The van der Waals surface area contributed by atoms with Gasteiger partial charge in [0.25, 0.3) is 0 Å². The highest BCUT2D eigenvalue weighted by atomic mass is 16.5. The molecule has 0 aromatic rings. The van der Waals surface area contributed by atoms with Crippen LogP contribution < -0.4 is 0 Å². The molecule has 0 aliphatic carbocycles. The first-order chi connectivity index (χ1) is 6.38. The predicted octanol–water partition coefficient (Wildman–Crippen LogP) is 2.17. The highest BCUT2D eigenvalue weighted by Crippen LogP contribution is 2.40. The normalized spacial score (nSPS) is 45.4. The van der Waals surface area contributed by atoms with Crippen LogP contribution in [0.3, 0.4) is 0 Å². The lowest BCUT2D eigenvalue weighted by Crippen LogP contribution is -2.62. The zero-order valence-corrected chi connectivity index (χ0v) is 9.75. The lowest BCUT2D eigenvalue weighted by atomic mass is 9.76. The Labute approximate surface area is 86.7 Å². The van der Waals surface area contributed by atoms with Gasteiger partial charge in [-0.1, -0.05) is 13.8 Å². The maximum Gasteiger partial charge on any atom is 0.0577 e. The van der Waals surface area contributed by atoms with Crippen LogP contribution in [-0.2, 0) is 0 Å². The minimum absolute atomic E-state index is 0.275. The number of piperidine rings is 1. The second-order valence-electron chi connectivity index (χ2n) is 5.07. The van der Waals surface area contributed by atoms with E-state index < -0.39 is 0 Å². The van der Waals surface area contributed by atoms with E-state index in [-0.39, 0.29) is 17.2 Å². The quantitative estimate of drug-likeness (QED) is 0.719. The molecule has 1 heterocycles. The summed E-state index contributed by atoms with van der Waals surface area (Å²) in [6.45, 7) is 8.14. The second kappa shape index (κ2) is 3.80. The van der Waals surface area contributed by atoms with E-state index in [4.69, 9.17) is 0 Å². The summed E-state index contributed by atoms with van der Waals surface area (Å²) in [5, 5.41) is 21.5. The number of aliphatic hydroxyl groups is 1. The van der Waals surface area contributed by atoms with Crippen LogP contribution in [0.2, 0.25) is 0 Å². The maximum atomic E-state index is 10.2. The van der Waals surface area contributed by atoms with Crippen molar-refractivity contribution in [1.82, 2.24) is 5.06 Å². The Kier molecular flexibility index (Phi) is 3.24. The predicted molar refractivity (Wildman–Crippen MR) is 56.3 cm³/mol. The molecule has 0 bridgehead atoms. The molecule has 2 unspecified atom stereocenters. The Morgan fingerprint density at radius 3 is 1.79 bits per heavy atom. The first kappa shape index (κ1) is 12.0. The molecule has 1 fully saturated rings. The summed E-state index contributed by atoms with van der Waals surface area (Å²) in [4.78, 5) is 0. The van der Waals surface area contributed by atoms with E-state index in [1.165, 1.54) is 5.06 Å². The molecule has 3 heteroatoms. The molecule has 0 aromatic heterocycles. The molecule has 1 aliphatic heterocycles. The topological polar surface area (TPSA) is 43.7 Å². The fraction of sp³-hybridized carbons (Fsp3) is 1.00. The summed E-state index contributed by atoms with van der Waals surface area (Å²) in [5.74, 6) is 0. The van der Waals surface area contributed by atoms with E-state index in [0.29, 0.717) is 12.8 Å². The Bertz CT molecular complexity index is 189. The van der Waals surface area contributed by atoms with Gasteiger partial charge in [0.05, 0.1) is 6.10 Å². The van der Waals surface area contributed by atoms with Crippen molar-refractivity contribution in [2.75, 3.05) is 0 Å². The zero-order chi connectivity index (χ0) is 11.0. The Hall–Kier alpha value is -0.120. The van der Waals surface area contributed by atoms with Gasteiger partial charge in [-0.05, 0) is 39.5 Å². The molecular formula is C11H23NO2. The van der Waals surface area contributed by atoms with Gasteiger partial charge in [0.1, 0.15) is 0 Å². The molecule has 0 spiro atoms. The van der Waals surface area contributed by atoms with Crippen molar-refractivity contribution in [2.45, 2.75) is 70.6 Å². The summed E-state index contributed by atoms with van der Waals surface area (Å²) in [6.07, 6.45) is 2.76. The number of hydrogen-bond acceptors (Lipinski definition) is 3. The maximum absolute atomic E-state index is 10.2. The molecule has 2 atom stereocenters. The van der Waals surface area contributed by atoms with Gasteiger partial charge in [-0.15, -0.1) is 0 Å². The molecule has 84 valence electrons. The number of aliphatic hydroxyl groups excluding tert-OH is 1. The van der Waals surface area contributed by atoms with E-state index in [2.05, 4.69) is 13.8 Å². The van der Waals surface area contributed by atoms with Gasteiger partial charge in [0.2, 0.25) is 0 Å². The van der Waals surface area contributed by atoms with E-state index in [1.807, 2.05) is 13.8 Å². The van der Waals surface area contributed by atoms with Crippen LogP contribution in [0.15, 0.2) is 0 Å². The van der Waals surface area contributed by atoms with Crippen LogP contribution in [0, 0.1) is 0 Å². The first-order valence-corrected chi connectivity index (χ1v) is 5.55. The van der Waals surface area contributed by atoms with E-state index >= 15 is 0 Å². The van der Waals surface area contributed by atoms with Gasteiger partial charge in [-0.25, -0.2) is 0 Å². The van der Waals surface area contributed by atoms with Crippen LogP contribution in [0.4, 0.5) is 0 Å². The van der Waals surface area contributed by atoms with Crippen LogP contribution in [-0.4, -0.2) is 32.6 Å². The summed E-state index contributed by atoms with van der Waals surface area (Å²) < 4.78 is 0. The molecule has 0 aromatic carbocycles. The minimum Gasteiger partial charge on any atom is -0.393 e. The Morgan fingerprint density at radius 1 is 1.14 bits per heavy atom. The van der Waals surface area contributed by atoms with Gasteiger partial charge < -0.3 is 10.3 Å². The molecule has 0 radical (unpaired) electrons. The largest absolute Gasteiger partial charge is 0.393 e. The van der Waals surface area contributed by atoms with Crippen LogP contribution >= 0.6 is 0 Å². The average Bonchev–Trinajstić information content (AvgIpc) is 2.14. The molecule has 2 N–H and O–H groups in total. The first-order valence-electron chi connectivity index (χ1n) is 5.55. The number of hydrogen-bond donors (Lipinski definition) is 2. The lowest BCUT2D eigenvalue weighted by molar-refractivity contribution is -0.269. The molecule has 1 aliphatic rings. The van der Waals surface area contributed by atoms with Gasteiger partial charge in [-0.3, -0.25) is 0 Å². The van der Waals surface area contributed by atoms with Crippen molar-refractivity contribution in [1.29, 1.82) is 0 Å². The number of hydroxylamine groups is 2. The third kappa shape index (κ3) is 1.81. The van der Waals surface area contributed by atoms with Gasteiger partial charge >= 0.3 is 0 Å². The standard InChI is InChI=1S/C11H23NO2/c1-5-10(3)7-9(13)8-11(4,6-2)12(10)14/h9,13-14H,5-8H2,1-4H3. The molecule has 0 saturated carbocycles. The van der Waals surface area contributed by atoms with Crippen LogP contribution in [0.1, 0.15) is 53.4 Å². The minimum atomic E-state index is -0.284. The van der Waals surface area contributed by atoms with Crippen molar-refractivity contribution in [3.05, 3.63) is 0 Å². The lowest BCUT2D eigenvalue weighted by Gasteiger charge is -2.53. The van der Waals surface area contributed by atoms with E-state index in [1.54, 1.807) is 0 Å². The second-order valence-corrected chi connectivity index (χ2v) is 5.07. The van der Waals surface area contributed by atoms with Gasteiger partial charge in [0, 0.05) is 11.1 Å². The number of nitrogens with zero attached hydrogens (tertiary/aromatic N) is 1. The van der Waals surface area contributed by atoms with E-state index in [9.17, 15) is 10.3 Å². The fourth-order valence-corrected chi connectivity index (χ4v) is 2.50. The average molecular weight is 201 g/mol. The monoisotopic (exact) mass is 201 g/mol. The van der Waals surface area contributed by atoms with Crippen molar-refractivity contribution in [3.63, 3.8) is 0 Å². The highest BCUT2D eigenvalue weighted by molar-refractivity contribution is 4.99. The Morgan fingerprint density at radius 2 is 1.50 bits per heavy atom. The number of rotatable bonds is 2. The SMILES string of the molecule is CCC1(C)CC(O)CC(C)(CC)N1O. The summed E-state index contributed by atoms with van der Waals surface area (Å²) in [7, 11) is 0. The third-order valence-corrected chi connectivity index (χ3v) is 3.90. The smallest absolute Gasteiger partial charge is 0.0577 e. The van der Waals surface area contributed by atoms with Gasteiger partial charge in [-0.2, -0.15) is 5.06 Å². The zero-order valence-electron chi connectivity index (χ0n) is 9.75. The highest BCUT2D eigenvalue weighted by Gasteiger charge is 2.47. The van der Waals surface area contributed by atoms with E-state index in [0.717, 1.165) is 12.8 Å². The van der Waals surface area contributed by atoms with Gasteiger partial charge in [0.15, 0.2) is 0 Å². The fourth-order valence-electron chi connectivity index (χ4n) is 2.50. The molecule has 1 rings (SSSR count). The molecule has 14 heavy (non-hydrogen) atoms. The third-order valence-electron chi connectivity index (χ3n) is 3.90. The Balaban J connectivity index is 2.92. The molecule has 0 amide bonds. The summed E-state index contributed by atoms with van der Waals surface area (Å²) in [5.41, 5.74) is -0.551. The molecule has 3 nitrogen and oxygen atoms in total. The van der Waals surface area contributed by atoms with Crippen molar-refractivity contribution in [3.8, 4) is 0 Å². The van der Waals surface area contributed by atoms with Crippen molar-refractivity contribution < 1.29 is 10.3 Å². The summed E-state index contributed by atoms with van der Waals surface area (Å²) in [6, 6.07) is 0. The van der Waals surface area contributed by atoms with Crippen LogP contribution in [0.5, 0.6) is 0 Å². The molecular weight excluding hydrogens is 178 g/mol. The van der Waals surface area contributed by atoms with Crippen molar-refractivity contribution in [2.24, 2.45) is 0 Å². The molecule has 1 saturated heterocycles.